The van der Waals surface area contributed by atoms with Crippen LogP contribution in [0.15, 0.2) is 48.5 Å². The second-order valence-electron chi connectivity index (χ2n) is 4.01. The number of rotatable bonds is 5. The Labute approximate surface area is 124 Å². The van der Waals surface area contributed by atoms with Gasteiger partial charge in [-0.25, -0.2) is 0 Å². The van der Waals surface area contributed by atoms with Crippen molar-refractivity contribution < 1.29 is 4.92 Å². The summed E-state index contributed by atoms with van der Waals surface area (Å²) in [6.45, 7) is 4.61. The highest BCUT2D eigenvalue weighted by atomic mass is 16.6. The van der Waals surface area contributed by atoms with E-state index in [1.807, 2.05) is 44.2 Å². The second-order valence-corrected chi connectivity index (χ2v) is 4.01. The van der Waals surface area contributed by atoms with Gasteiger partial charge in [0.15, 0.2) is 0 Å². The Bertz CT molecular complexity index is 598. The number of nitro groups is 1. The molecule has 5 nitrogen and oxygen atoms in total. The molecule has 0 aliphatic carbocycles. The summed E-state index contributed by atoms with van der Waals surface area (Å²) in [4.78, 5) is 10.2. The average molecular weight is 285 g/mol. The molecule has 2 aromatic rings. The molecular weight excluding hydrogens is 266 g/mol. The minimum Gasteiger partial charge on any atom is -0.380 e. The zero-order valence-corrected chi connectivity index (χ0v) is 12.2. The van der Waals surface area contributed by atoms with Gasteiger partial charge in [-0.2, -0.15) is 0 Å². The van der Waals surface area contributed by atoms with Gasteiger partial charge in [0.2, 0.25) is 0 Å². The van der Waals surface area contributed by atoms with Gasteiger partial charge < -0.3 is 10.7 Å². The summed E-state index contributed by atoms with van der Waals surface area (Å²) in [5.74, 6) is 0. The largest absolute Gasteiger partial charge is 0.380 e. The third-order valence-electron chi connectivity index (χ3n) is 2.73. The molecule has 2 aromatic carbocycles. The van der Waals surface area contributed by atoms with Gasteiger partial charge in [0, 0.05) is 36.1 Å². The Morgan fingerprint density at radius 3 is 2.43 bits per heavy atom. The smallest absolute Gasteiger partial charge is 0.270 e. The SMILES string of the molecule is CC.N=Cc1cc([N+](=O)[O-])ccc1NCc1ccccc1. The van der Waals surface area contributed by atoms with Crippen LogP contribution in [0.25, 0.3) is 0 Å². The van der Waals surface area contributed by atoms with Gasteiger partial charge in [0.25, 0.3) is 5.69 Å². The molecule has 0 aliphatic heterocycles. The maximum Gasteiger partial charge on any atom is 0.270 e. The van der Waals surface area contributed by atoms with Crippen LogP contribution in [0, 0.1) is 15.5 Å². The van der Waals surface area contributed by atoms with Crippen LogP contribution in [0.5, 0.6) is 0 Å². The molecule has 0 spiro atoms. The third-order valence-corrected chi connectivity index (χ3v) is 2.73. The molecule has 2 rings (SSSR count). The molecule has 2 N–H and O–H groups in total. The molecule has 0 aliphatic rings. The number of nitrogens with one attached hydrogen (secondary N) is 2. The summed E-state index contributed by atoms with van der Waals surface area (Å²) in [6, 6.07) is 14.3. The average Bonchev–Trinajstić information content (AvgIpc) is 2.55. The van der Waals surface area contributed by atoms with Crippen molar-refractivity contribution in [3.63, 3.8) is 0 Å². The second kappa shape index (κ2) is 8.47. The topological polar surface area (TPSA) is 79.0 Å². The minimum atomic E-state index is -0.464. The summed E-state index contributed by atoms with van der Waals surface area (Å²) in [7, 11) is 0. The molecule has 0 unspecified atom stereocenters. The van der Waals surface area contributed by atoms with Gasteiger partial charge in [0.1, 0.15) is 0 Å². The Morgan fingerprint density at radius 2 is 1.86 bits per heavy atom. The zero-order chi connectivity index (χ0) is 15.7. The number of nitrogens with zero attached hydrogens (tertiary/aromatic N) is 1. The van der Waals surface area contributed by atoms with Crippen LogP contribution in [0.3, 0.4) is 0 Å². The lowest BCUT2D eigenvalue weighted by Crippen LogP contribution is -2.02. The predicted molar refractivity (Wildman–Crippen MR) is 86.1 cm³/mol. The van der Waals surface area contributed by atoms with Crippen LogP contribution < -0.4 is 5.32 Å². The Morgan fingerprint density at radius 1 is 1.19 bits per heavy atom. The molecule has 0 saturated carbocycles. The fourth-order valence-corrected chi connectivity index (χ4v) is 1.74. The van der Waals surface area contributed by atoms with E-state index < -0.39 is 4.92 Å². The lowest BCUT2D eigenvalue weighted by Gasteiger charge is -2.09. The van der Waals surface area contributed by atoms with Crippen molar-refractivity contribution >= 4 is 17.6 Å². The fourth-order valence-electron chi connectivity index (χ4n) is 1.74. The number of benzene rings is 2. The van der Waals surface area contributed by atoms with Crippen molar-refractivity contribution in [1.29, 1.82) is 5.41 Å². The highest BCUT2D eigenvalue weighted by Gasteiger charge is 2.09. The summed E-state index contributed by atoms with van der Waals surface area (Å²) in [6.07, 6.45) is 1.11. The summed E-state index contributed by atoms with van der Waals surface area (Å²) in [5.41, 5.74) is 2.31. The number of nitro benzene ring substituents is 1. The van der Waals surface area contributed by atoms with Crippen molar-refractivity contribution in [2.24, 2.45) is 0 Å². The number of hydrogen-bond donors (Lipinski definition) is 2. The van der Waals surface area contributed by atoms with Crippen LogP contribution in [0.2, 0.25) is 0 Å². The Hall–Kier alpha value is -2.69. The first kappa shape index (κ1) is 16.4. The van der Waals surface area contributed by atoms with E-state index in [2.05, 4.69) is 5.32 Å². The lowest BCUT2D eigenvalue weighted by molar-refractivity contribution is -0.384. The first-order valence-electron chi connectivity index (χ1n) is 6.77. The van der Waals surface area contributed by atoms with E-state index >= 15 is 0 Å². The highest BCUT2D eigenvalue weighted by molar-refractivity contribution is 5.86. The van der Waals surface area contributed by atoms with Gasteiger partial charge >= 0.3 is 0 Å². The van der Waals surface area contributed by atoms with E-state index in [1.54, 1.807) is 6.07 Å². The number of non-ortho nitro benzene ring substituents is 1. The number of hydrogen-bond acceptors (Lipinski definition) is 4. The first-order valence-corrected chi connectivity index (χ1v) is 6.77. The van der Waals surface area contributed by atoms with Crippen LogP contribution in [-0.2, 0) is 6.54 Å². The van der Waals surface area contributed by atoms with Crippen molar-refractivity contribution in [3.8, 4) is 0 Å². The van der Waals surface area contributed by atoms with E-state index in [0.29, 0.717) is 17.8 Å². The third kappa shape index (κ3) is 4.72. The normalized spacial score (nSPS) is 9.24. The maximum atomic E-state index is 10.7. The van der Waals surface area contributed by atoms with Gasteiger partial charge in [0.05, 0.1) is 4.92 Å². The van der Waals surface area contributed by atoms with Crippen molar-refractivity contribution in [2.45, 2.75) is 20.4 Å². The molecular formula is C16H19N3O2. The molecule has 0 radical (unpaired) electrons. The van der Waals surface area contributed by atoms with Crippen molar-refractivity contribution in [2.75, 3.05) is 5.32 Å². The standard InChI is InChI=1S/C14H13N3O2.C2H6/c15-9-12-8-13(17(18)19)6-7-14(12)16-10-11-4-2-1-3-5-11;1-2/h1-9,15-16H,10H2;1-2H3. The summed E-state index contributed by atoms with van der Waals surface area (Å²) >= 11 is 0. The molecule has 0 saturated heterocycles. The molecule has 0 amide bonds. The number of anilines is 1. The van der Waals surface area contributed by atoms with E-state index in [4.69, 9.17) is 5.41 Å². The van der Waals surface area contributed by atoms with Crippen LogP contribution in [-0.4, -0.2) is 11.1 Å². The molecule has 0 aromatic heterocycles. The van der Waals surface area contributed by atoms with E-state index in [-0.39, 0.29) is 5.69 Å². The quantitative estimate of drug-likeness (QED) is 0.490. The van der Waals surface area contributed by atoms with Gasteiger partial charge in [-0.05, 0) is 11.6 Å². The monoisotopic (exact) mass is 285 g/mol. The maximum absolute atomic E-state index is 10.7. The van der Waals surface area contributed by atoms with Gasteiger partial charge in [-0.1, -0.05) is 44.2 Å². The van der Waals surface area contributed by atoms with E-state index in [1.165, 1.54) is 12.1 Å². The molecule has 0 bridgehead atoms. The Kier molecular flexibility index (Phi) is 6.60. The van der Waals surface area contributed by atoms with E-state index in [0.717, 1.165) is 11.8 Å². The first-order chi connectivity index (χ1) is 10.2. The summed E-state index contributed by atoms with van der Waals surface area (Å²) in [5, 5.41) is 21.2. The molecule has 110 valence electrons. The van der Waals surface area contributed by atoms with Crippen LogP contribution in [0.1, 0.15) is 25.0 Å². The van der Waals surface area contributed by atoms with Crippen molar-refractivity contribution in [3.05, 3.63) is 69.8 Å². The minimum absolute atomic E-state index is 0.0104. The predicted octanol–water partition coefficient (Wildman–Crippen LogP) is 4.23. The molecule has 5 heteroatoms. The van der Waals surface area contributed by atoms with Crippen LogP contribution in [0.4, 0.5) is 11.4 Å². The molecule has 0 heterocycles. The molecule has 21 heavy (non-hydrogen) atoms. The van der Waals surface area contributed by atoms with Crippen molar-refractivity contribution in [1.82, 2.24) is 0 Å². The Balaban J connectivity index is 0.00000106. The lowest BCUT2D eigenvalue weighted by atomic mass is 10.1. The van der Waals surface area contributed by atoms with E-state index in [9.17, 15) is 10.1 Å². The summed E-state index contributed by atoms with van der Waals surface area (Å²) < 4.78 is 0. The molecule has 0 fully saturated rings. The van der Waals surface area contributed by atoms with Gasteiger partial charge in [-0.3, -0.25) is 10.1 Å². The van der Waals surface area contributed by atoms with Crippen LogP contribution >= 0.6 is 0 Å². The fraction of sp³-hybridized carbons (Fsp3) is 0.188. The zero-order valence-electron chi connectivity index (χ0n) is 12.2. The highest BCUT2D eigenvalue weighted by Crippen LogP contribution is 2.21. The molecule has 0 atom stereocenters. The van der Waals surface area contributed by atoms with Gasteiger partial charge in [-0.15, -0.1) is 0 Å².